The van der Waals surface area contributed by atoms with Crippen LogP contribution in [0.4, 0.5) is 14.5 Å². The van der Waals surface area contributed by atoms with Crippen molar-refractivity contribution in [3.05, 3.63) is 65.2 Å². The van der Waals surface area contributed by atoms with Gasteiger partial charge in [0.2, 0.25) is 0 Å². The summed E-state index contributed by atoms with van der Waals surface area (Å²) in [4.78, 5) is 0. The van der Waals surface area contributed by atoms with Gasteiger partial charge in [-0.3, -0.25) is 0 Å². The van der Waals surface area contributed by atoms with Crippen LogP contribution >= 0.6 is 0 Å². The lowest BCUT2D eigenvalue weighted by molar-refractivity contribution is 0.151. The van der Waals surface area contributed by atoms with Gasteiger partial charge in [0, 0.05) is 17.8 Å². The molecule has 0 spiro atoms. The summed E-state index contributed by atoms with van der Waals surface area (Å²) < 4.78 is 25.2. The average molecular weight is 275 g/mol. The van der Waals surface area contributed by atoms with Crippen molar-refractivity contribution in [2.45, 2.75) is 32.7 Å². The number of nitrogens with one attached hydrogen (secondary N) is 1. The molecule has 0 atom stereocenters. The van der Waals surface area contributed by atoms with E-state index in [0.29, 0.717) is 6.54 Å². The third-order valence-corrected chi connectivity index (χ3v) is 3.19. The number of benzene rings is 2. The summed E-state index contributed by atoms with van der Waals surface area (Å²) >= 11 is 0. The van der Waals surface area contributed by atoms with E-state index >= 15 is 0 Å². The second-order valence-corrected chi connectivity index (χ2v) is 4.85. The van der Waals surface area contributed by atoms with Gasteiger partial charge in [0.15, 0.2) is 0 Å². The molecule has 0 aliphatic carbocycles. The largest absolute Gasteiger partial charge is 0.381 e. The highest BCUT2D eigenvalue weighted by molar-refractivity contribution is 5.45. The fraction of sp³-hybridized carbons (Fsp3) is 0.294. The molecule has 0 amide bonds. The smallest absolute Gasteiger partial charge is 0.263 e. The molecule has 106 valence electrons. The van der Waals surface area contributed by atoms with Gasteiger partial charge < -0.3 is 5.32 Å². The van der Waals surface area contributed by atoms with Crippen molar-refractivity contribution in [1.29, 1.82) is 0 Å². The summed E-state index contributed by atoms with van der Waals surface area (Å²) in [5.74, 6) is 0. The minimum atomic E-state index is -2.41. The number of hydrogen-bond acceptors (Lipinski definition) is 1. The predicted octanol–water partition coefficient (Wildman–Crippen LogP) is 5.19. The molecule has 0 radical (unpaired) electrons. The van der Waals surface area contributed by atoms with Crippen LogP contribution in [0.25, 0.3) is 0 Å². The highest BCUT2D eigenvalue weighted by Crippen LogP contribution is 2.20. The van der Waals surface area contributed by atoms with E-state index in [1.807, 2.05) is 18.2 Å². The zero-order valence-corrected chi connectivity index (χ0v) is 11.6. The van der Waals surface area contributed by atoms with Gasteiger partial charge in [-0.2, -0.15) is 0 Å². The van der Waals surface area contributed by atoms with Crippen molar-refractivity contribution in [3.8, 4) is 0 Å². The Morgan fingerprint density at radius 1 is 1.00 bits per heavy atom. The predicted molar refractivity (Wildman–Crippen MR) is 79.2 cm³/mol. The minimum absolute atomic E-state index is 0.0718. The van der Waals surface area contributed by atoms with Crippen molar-refractivity contribution >= 4 is 5.69 Å². The molecule has 2 rings (SSSR count). The number of hydrogen-bond donors (Lipinski definition) is 1. The molecule has 2 aromatic rings. The van der Waals surface area contributed by atoms with Crippen molar-refractivity contribution in [2.24, 2.45) is 0 Å². The molecule has 1 nitrogen and oxygen atoms in total. The molecular formula is C17H19F2N. The molecule has 3 heteroatoms. The maximum atomic E-state index is 12.6. The zero-order chi connectivity index (χ0) is 14.4. The van der Waals surface area contributed by atoms with Gasteiger partial charge in [-0.25, -0.2) is 8.78 Å². The number of alkyl halides is 2. The van der Waals surface area contributed by atoms with E-state index in [9.17, 15) is 8.78 Å². The van der Waals surface area contributed by atoms with Crippen LogP contribution in [0.2, 0.25) is 0 Å². The van der Waals surface area contributed by atoms with Crippen LogP contribution in [-0.4, -0.2) is 0 Å². The van der Waals surface area contributed by atoms with Crippen molar-refractivity contribution in [3.63, 3.8) is 0 Å². The van der Waals surface area contributed by atoms with E-state index < -0.39 is 6.43 Å². The highest BCUT2D eigenvalue weighted by atomic mass is 19.3. The van der Waals surface area contributed by atoms with Gasteiger partial charge in [0.1, 0.15) is 0 Å². The van der Waals surface area contributed by atoms with Crippen LogP contribution in [0, 0.1) is 0 Å². The average Bonchev–Trinajstić information content (AvgIpc) is 2.47. The number of rotatable bonds is 6. The number of halogens is 2. The first-order chi connectivity index (χ1) is 9.69. The molecule has 0 saturated carbocycles. The van der Waals surface area contributed by atoms with Crippen LogP contribution in [-0.2, 0) is 13.0 Å². The molecule has 0 heterocycles. The van der Waals surface area contributed by atoms with E-state index in [-0.39, 0.29) is 5.56 Å². The highest BCUT2D eigenvalue weighted by Gasteiger charge is 2.06. The summed E-state index contributed by atoms with van der Waals surface area (Å²) in [6.07, 6.45) is -0.201. The zero-order valence-electron chi connectivity index (χ0n) is 11.6. The lowest BCUT2D eigenvalue weighted by Gasteiger charge is -2.09. The Bertz CT molecular complexity index is 535. The molecule has 2 aromatic carbocycles. The lowest BCUT2D eigenvalue weighted by Crippen LogP contribution is -2.00. The Kier molecular flexibility index (Phi) is 5.10. The SMILES string of the molecule is CCCc1ccc(NCc2cccc(C(F)F)c2)cc1. The molecule has 0 bridgehead atoms. The van der Waals surface area contributed by atoms with Gasteiger partial charge in [0.25, 0.3) is 6.43 Å². The second kappa shape index (κ2) is 7.04. The topological polar surface area (TPSA) is 12.0 Å². The van der Waals surface area contributed by atoms with Crippen LogP contribution in [0.15, 0.2) is 48.5 Å². The molecule has 0 saturated heterocycles. The van der Waals surface area contributed by atoms with Gasteiger partial charge >= 0.3 is 0 Å². The summed E-state index contributed by atoms with van der Waals surface area (Å²) in [6.45, 7) is 2.70. The molecule has 0 aliphatic rings. The maximum absolute atomic E-state index is 12.6. The van der Waals surface area contributed by atoms with Gasteiger partial charge in [-0.1, -0.05) is 43.7 Å². The quantitative estimate of drug-likeness (QED) is 0.765. The Balaban J connectivity index is 1.96. The first kappa shape index (κ1) is 14.5. The summed E-state index contributed by atoms with van der Waals surface area (Å²) in [5.41, 5.74) is 3.26. The Morgan fingerprint density at radius 2 is 1.75 bits per heavy atom. The summed E-state index contributed by atoms with van der Waals surface area (Å²) in [7, 11) is 0. The molecule has 0 aliphatic heterocycles. The summed E-state index contributed by atoms with van der Waals surface area (Å²) in [6, 6.07) is 14.8. The van der Waals surface area contributed by atoms with Crippen LogP contribution in [0.3, 0.4) is 0 Å². The van der Waals surface area contributed by atoms with Gasteiger partial charge in [-0.05, 0) is 35.7 Å². The van der Waals surface area contributed by atoms with E-state index in [2.05, 4.69) is 24.4 Å². The van der Waals surface area contributed by atoms with E-state index in [4.69, 9.17) is 0 Å². The number of anilines is 1. The van der Waals surface area contributed by atoms with E-state index in [0.717, 1.165) is 24.1 Å². The van der Waals surface area contributed by atoms with Crippen LogP contribution in [0.5, 0.6) is 0 Å². The summed E-state index contributed by atoms with van der Waals surface area (Å²) in [5, 5.41) is 3.25. The van der Waals surface area contributed by atoms with Crippen LogP contribution in [0.1, 0.15) is 36.5 Å². The van der Waals surface area contributed by atoms with Gasteiger partial charge in [0.05, 0.1) is 0 Å². The standard InChI is InChI=1S/C17H19F2N/c1-2-4-13-7-9-16(10-8-13)20-12-14-5-3-6-15(11-14)17(18)19/h3,5-11,17,20H,2,4,12H2,1H3. The van der Waals surface area contributed by atoms with E-state index in [1.165, 1.54) is 11.6 Å². The molecule has 0 aromatic heterocycles. The molecular weight excluding hydrogens is 256 g/mol. The first-order valence-corrected chi connectivity index (χ1v) is 6.89. The van der Waals surface area contributed by atoms with Crippen molar-refractivity contribution in [1.82, 2.24) is 0 Å². The fourth-order valence-corrected chi connectivity index (χ4v) is 2.12. The van der Waals surface area contributed by atoms with Crippen molar-refractivity contribution < 1.29 is 8.78 Å². The molecule has 0 unspecified atom stereocenters. The Labute approximate surface area is 118 Å². The third kappa shape index (κ3) is 4.05. The van der Waals surface area contributed by atoms with Crippen LogP contribution < -0.4 is 5.32 Å². The normalized spacial score (nSPS) is 10.8. The van der Waals surface area contributed by atoms with Crippen molar-refractivity contribution in [2.75, 3.05) is 5.32 Å². The third-order valence-electron chi connectivity index (χ3n) is 3.19. The first-order valence-electron chi connectivity index (χ1n) is 6.89. The Morgan fingerprint density at radius 3 is 2.40 bits per heavy atom. The molecule has 0 fully saturated rings. The monoisotopic (exact) mass is 275 g/mol. The van der Waals surface area contributed by atoms with E-state index in [1.54, 1.807) is 12.1 Å². The fourth-order valence-electron chi connectivity index (χ4n) is 2.12. The molecule has 20 heavy (non-hydrogen) atoms. The Hall–Kier alpha value is -1.90. The van der Waals surface area contributed by atoms with Gasteiger partial charge in [-0.15, -0.1) is 0 Å². The minimum Gasteiger partial charge on any atom is -0.381 e. The lowest BCUT2D eigenvalue weighted by atomic mass is 10.1. The maximum Gasteiger partial charge on any atom is 0.263 e. The second-order valence-electron chi connectivity index (χ2n) is 4.85. The number of aryl methyl sites for hydroxylation is 1. The molecule has 1 N–H and O–H groups in total.